The summed E-state index contributed by atoms with van der Waals surface area (Å²) in [5.41, 5.74) is 0. The Balaban J connectivity index is 3.93. The Hall–Kier alpha value is -0.750. The molecule has 15 heavy (non-hydrogen) atoms. The highest BCUT2D eigenvalue weighted by molar-refractivity contribution is 7.98. The molecular formula is C9H18N2O3S. The second-order valence-corrected chi connectivity index (χ2v) is 4.08. The lowest BCUT2D eigenvalue weighted by Crippen LogP contribution is -2.41. The lowest BCUT2D eigenvalue weighted by Gasteiger charge is -2.13. The number of hydrogen-bond acceptors (Lipinski definition) is 4. The van der Waals surface area contributed by atoms with E-state index in [-0.39, 0.29) is 5.91 Å². The molecule has 0 aliphatic heterocycles. The molecule has 0 rings (SSSR count). The van der Waals surface area contributed by atoms with Gasteiger partial charge in [0, 0.05) is 13.0 Å². The Kier molecular flexibility index (Phi) is 8.12. The minimum atomic E-state index is -0.971. The van der Waals surface area contributed by atoms with Gasteiger partial charge in [0.1, 0.15) is 6.04 Å². The van der Waals surface area contributed by atoms with E-state index < -0.39 is 12.0 Å². The number of carboxylic acids is 1. The van der Waals surface area contributed by atoms with Gasteiger partial charge in [0.2, 0.25) is 5.91 Å². The molecule has 1 amide bonds. The summed E-state index contributed by atoms with van der Waals surface area (Å²) in [5.74, 6) is -0.469. The Labute approximate surface area is 94.0 Å². The van der Waals surface area contributed by atoms with Gasteiger partial charge in [-0.25, -0.2) is 4.79 Å². The molecule has 1 unspecified atom stereocenters. The summed E-state index contributed by atoms with van der Waals surface area (Å²) in [6.45, 7) is 0.556. The van der Waals surface area contributed by atoms with E-state index >= 15 is 0 Å². The van der Waals surface area contributed by atoms with Crippen LogP contribution in [0.15, 0.2) is 0 Å². The monoisotopic (exact) mass is 234 g/mol. The first-order valence-electron chi connectivity index (χ1n) is 4.77. The summed E-state index contributed by atoms with van der Waals surface area (Å²) in [5, 5.41) is 14.2. The third-order valence-electron chi connectivity index (χ3n) is 1.85. The van der Waals surface area contributed by atoms with Crippen molar-refractivity contribution in [3.63, 3.8) is 0 Å². The Morgan fingerprint density at radius 1 is 1.47 bits per heavy atom. The van der Waals surface area contributed by atoms with Crippen LogP contribution in [0.5, 0.6) is 0 Å². The van der Waals surface area contributed by atoms with Gasteiger partial charge in [-0.3, -0.25) is 4.79 Å². The second-order valence-electron chi connectivity index (χ2n) is 3.09. The predicted octanol–water partition coefficient (Wildman–Crippen LogP) is -0.0816. The van der Waals surface area contributed by atoms with Crippen LogP contribution in [-0.4, -0.2) is 48.6 Å². The first-order valence-corrected chi connectivity index (χ1v) is 6.17. The number of rotatable bonds is 8. The molecule has 3 N–H and O–H groups in total. The average Bonchev–Trinajstić information content (AvgIpc) is 2.20. The normalized spacial score (nSPS) is 12.1. The van der Waals surface area contributed by atoms with Crippen molar-refractivity contribution in [3.05, 3.63) is 0 Å². The third kappa shape index (κ3) is 7.21. The molecule has 6 heteroatoms. The van der Waals surface area contributed by atoms with Crippen LogP contribution < -0.4 is 10.6 Å². The first kappa shape index (κ1) is 14.2. The van der Waals surface area contributed by atoms with Crippen molar-refractivity contribution in [1.82, 2.24) is 10.6 Å². The molecular weight excluding hydrogens is 216 g/mol. The summed E-state index contributed by atoms with van der Waals surface area (Å²) < 4.78 is 0. The minimum Gasteiger partial charge on any atom is -0.480 e. The standard InChI is InChI=1S/C9H18N2O3S/c1-10-5-3-8(12)11-7(9(13)14)4-6-15-2/h7,10H,3-6H2,1-2H3,(H,11,12)(H,13,14). The number of carbonyl (C=O) groups excluding carboxylic acids is 1. The smallest absolute Gasteiger partial charge is 0.326 e. The molecule has 0 fully saturated rings. The van der Waals surface area contributed by atoms with E-state index in [1.54, 1.807) is 18.8 Å². The highest BCUT2D eigenvalue weighted by Crippen LogP contribution is 2.01. The maximum Gasteiger partial charge on any atom is 0.326 e. The van der Waals surface area contributed by atoms with Gasteiger partial charge in [-0.1, -0.05) is 0 Å². The molecule has 0 aromatic carbocycles. The lowest BCUT2D eigenvalue weighted by molar-refractivity contribution is -0.141. The van der Waals surface area contributed by atoms with E-state index in [1.165, 1.54) is 0 Å². The molecule has 0 radical (unpaired) electrons. The molecule has 5 nitrogen and oxygen atoms in total. The number of carboxylic acid groups (broad SMARTS) is 1. The molecule has 0 aromatic heterocycles. The van der Waals surface area contributed by atoms with E-state index in [1.807, 2.05) is 6.26 Å². The van der Waals surface area contributed by atoms with Crippen LogP contribution >= 0.6 is 11.8 Å². The van der Waals surface area contributed by atoms with E-state index in [0.29, 0.717) is 19.4 Å². The van der Waals surface area contributed by atoms with Crippen molar-refractivity contribution in [3.8, 4) is 0 Å². The number of thioether (sulfide) groups is 1. The second kappa shape index (κ2) is 8.55. The fourth-order valence-electron chi connectivity index (χ4n) is 0.998. The molecule has 0 saturated carbocycles. The summed E-state index contributed by atoms with van der Waals surface area (Å²) in [6.07, 6.45) is 2.67. The number of hydrogen-bond donors (Lipinski definition) is 3. The molecule has 0 saturated heterocycles. The zero-order valence-electron chi connectivity index (χ0n) is 9.08. The van der Waals surface area contributed by atoms with Crippen molar-refractivity contribution in [2.45, 2.75) is 18.9 Å². The fourth-order valence-corrected chi connectivity index (χ4v) is 1.47. The quantitative estimate of drug-likeness (QED) is 0.547. The van der Waals surface area contributed by atoms with Crippen LogP contribution in [0.2, 0.25) is 0 Å². The fraction of sp³-hybridized carbons (Fsp3) is 0.778. The number of aliphatic carboxylic acids is 1. The zero-order chi connectivity index (χ0) is 11.7. The summed E-state index contributed by atoms with van der Waals surface area (Å²) in [6, 6.07) is -0.762. The lowest BCUT2D eigenvalue weighted by atomic mass is 10.2. The molecule has 0 heterocycles. The maximum atomic E-state index is 11.3. The van der Waals surface area contributed by atoms with E-state index in [4.69, 9.17) is 5.11 Å². The van der Waals surface area contributed by atoms with Crippen LogP contribution in [0.25, 0.3) is 0 Å². The van der Waals surface area contributed by atoms with Gasteiger partial charge in [0.25, 0.3) is 0 Å². The molecule has 88 valence electrons. The first-order chi connectivity index (χ1) is 7.11. The maximum absolute atomic E-state index is 11.3. The number of amides is 1. The van der Waals surface area contributed by atoms with Crippen LogP contribution in [0.1, 0.15) is 12.8 Å². The molecule has 0 bridgehead atoms. The minimum absolute atomic E-state index is 0.224. The van der Waals surface area contributed by atoms with Gasteiger partial charge in [-0.05, 0) is 25.5 Å². The highest BCUT2D eigenvalue weighted by Gasteiger charge is 2.18. The molecule has 0 aliphatic carbocycles. The van der Waals surface area contributed by atoms with Gasteiger partial charge < -0.3 is 15.7 Å². The van der Waals surface area contributed by atoms with Crippen molar-refractivity contribution in [2.24, 2.45) is 0 Å². The summed E-state index contributed by atoms with van der Waals surface area (Å²) in [7, 11) is 1.75. The average molecular weight is 234 g/mol. The van der Waals surface area contributed by atoms with Crippen LogP contribution in [-0.2, 0) is 9.59 Å². The van der Waals surface area contributed by atoms with Crippen LogP contribution in [0.4, 0.5) is 0 Å². The number of nitrogens with one attached hydrogen (secondary N) is 2. The summed E-state index contributed by atoms with van der Waals surface area (Å²) in [4.78, 5) is 22.0. The van der Waals surface area contributed by atoms with Crippen molar-refractivity contribution >= 4 is 23.6 Å². The molecule has 0 aliphatic rings. The van der Waals surface area contributed by atoms with E-state index in [0.717, 1.165) is 5.75 Å². The van der Waals surface area contributed by atoms with Crippen molar-refractivity contribution < 1.29 is 14.7 Å². The predicted molar refractivity (Wildman–Crippen MR) is 61.1 cm³/mol. The van der Waals surface area contributed by atoms with Crippen molar-refractivity contribution in [1.29, 1.82) is 0 Å². The molecule has 0 aromatic rings. The summed E-state index contributed by atoms with van der Waals surface area (Å²) >= 11 is 1.57. The molecule has 1 atom stereocenters. The van der Waals surface area contributed by atoms with Gasteiger partial charge in [-0.15, -0.1) is 0 Å². The van der Waals surface area contributed by atoms with E-state index in [9.17, 15) is 9.59 Å². The largest absolute Gasteiger partial charge is 0.480 e. The third-order valence-corrected chi connectivity index (χ3v) is 2.49. The van der Waals surface area contributed by atoms with Crippen molar-refractivity contribution in [2.75, 3.05) is 25.6 Å². The molecule has 0 spiro atoms. The van der Waals surface area contributed by atoms with E-state index in [2.05, 4.69) is 10.6 Å². The van der Waals surface area contributed by atoms with Crippen LogP contribution in [0.3, 0.4) is 0 Å². The van der Waals surface area contributed by atoms with Gasteiger partial charge >= 0.3 is 5.97 Å². The Bertz CT molecular complexity index is 212. The van der Waals surface area contributed by atoms with Gasteiger partial charge in [0.05, 0.1) is 0 Å². The van der Waals surface area contributed by atoms with Crippen LogP contribution in [0, 0.1) is 0 Å². The van der Waals surface area contributed by atoms with Gasteiger partial charge in [0.15, 0.2) is 0 Å². The Morgan fingerprint density at radius 3 is 2.60 bits per heavy atom. The zero-order valence-corrected chi connectivity index (χ0v) is 9.89. The SMILES string of the molecule is CNCCC(=O)NC(CCSC)C(=O)O. The number of carbonyl (C=O) groups is 2. The Morgan fingerprint density at radius 2 is 2.13 bits per heavy atom. The van der Waals surface area contributed by atoms with Gasteiger partial charge in [-0.2, -0.15) is 11.8 Å². The topological polar surface area (TPSA) is 78.4 Å². The highest BCUT2D eigenvalue weighted by atomic mass is 32.2.